The van der Waals surface area contributed by atoms with Gasteiger partial charge in [-0.05, 0) is 24.1 Å². The van der Waals surface area contributed by atoms with Crippen molar-refractivity contribution in [2.24, 2.45) is 0 Å². The summed E-state index contributed by atoms with van der Waals surface area (Å²) in [4.78, 5) is 0. The Labute approximate surface area is 76.0 Å². The number of H-pyrrole nitrogens is 1. The van der Waals surface area contributed by atoms with Crippen LogP contribution in [0.4, 0.5) is 0 Å². The highest BCUT2D eigenvalue weighted by atomic mass is 15.1. The van der Waals surface area contributed by atoms with Gasteiger partial charge in [-0.1, -0.05) is 6.07 Å². The van der Waals surface area contributed by atoms with Crippen LogP contribution in [0.1, 0.15) is 11.1 Å². The molecule has 0 saturated heterocycles. The van der Waals surface area contributed by atoms with Gasteiger partial charge in [0.05, 0.1) is 24.2 Å². The van der Waals surface area contributed by atoms with Gasteiger partial charge in [0, 0.05) is 5.39 Å². The molecule has 13 heavy (non-hydrogen) atoms. The minimum absolute atomic E-state index is 0.460. The number of benzene rings is 1. The Balaban J connectivity index is 2.64. The lowest BCUT2D eigenvalue weighted by Crippen LogP contribution is -1.84. The molecule has 2 rings (SSSR count). The second-order valence-corrected chi connectivity index (χ2v) is 3.08. The Morgan fingerprint density at radius 1 is 1.54 bits per heavy atom. The SMILES string of the molecule is Cc1cc(CC#N)cc2cn[nH]c12. The highest BCUT2D eigenvalue weighted by Gasteiger charge is 2.01. The summed E-state index contributed by atoms with van der Waals surface area (Å²) in [5, 5.41) is 16.5. The summed E-state index contributed by atoms with van der Waals surface area (Å²) < 4.78 is 0. The molecule has 0 bridgehead atoms. The average molecular weight is 171 g/mol. The molecule has 0 aliphatic rings. The van der Waals surface area contributed by atoms with Gasteiger partial charge in [0.1, 0.15) is 0 Å². The summed E-state index contributed by atoms with van der Waals surface area (Å²) in [6.45, 7) is 2.02. The molecule has 0 saturated carbocycles. The van der Waals surface area contributed by atoms with Gasteiger partial charge in [0.15, 0.2) is 0 Å². The largest absolute Gasteiger partial charge is 0.278 e. The fourth-order valence-corrected chi connectivity index (χ4v) is 1.51. The van der Waals surface area contributed by atoms with E-state index in [9.17, 15) is 0 Å². The van der Waals surface area contributed by atoms with Crippen molar-refractivity contribution in [1.82, 2.24) is 10.2 Å². The van der Waals surface area contributed by atoms with Crippen molar-refractivity contribution in [3.8, 4) is 6.07 Å². The third-order valence-corrected chi connectivity index (χ3v) is 2.09. The van der Waals surface area contributed by atoms with E-state index in [4.69, 9.17) is 5.26 Å². The number of rotatable bonds is 1. The summed E-state index contributed by atoms with van der Waals surface area (Å²) in [5.74, 6) is 0. The van der Waals surface area contributed by atoms with Crippen molar-refractivity contribution in [2.45, 2.75) is 13.3 Å². The zero-order chi connectivity index (χ0) is 9.26. The minimum atomic E-state index is 0.460. The maximum atomic E-state index is 8.56. The van der Waals surface area contributed by atoms with Crippen LogP contribution in [0.3, 0.4) is 0 Å². The molecule has 0 atom stereocenters. The fourth-order valence-electron chi connectivity index (χ4n) is 1.51. The zero-order valence-corrected chi connectivity index (χ0v) is 7.33. The number of aromatic amines is 1. The van der Waals surface area contributed by atoms with E-state index in [-0.39, 0.29) is 0 Å². The molecule has 0 fully saturated rings. The first kappa shape index (κ1) is 7.81. The Morgan fingerprint density at radius 3 is 3.15 bits per heavy atom. The smallest absolute Gasteiger partial charge is 0.0679 e. The van der Waals surface area contributed by atoms with Crippen LogP contribution >= 0.6 is 0 Å². The van der Waals surface area contributed by atoms with Crippen LogP contribution < -0.4 is 0 Å². The zero-order valence-electron chi connectivity index (χ0n) is 7.33. The van der Waals surface area contributed by atoms with Crippen LogP contribution in [0, 0.1) is 18.3 Å². The summed E-state index contributed by atoms with van der Waals surface area (Å²) in [7, 11) is 0. The van der Waals surface area contributed by atoms with E-state index in [1.54, 1.807) is 6.20 Å². The molecule has 0 spiro atoms. The summed E-state index contributed by atoms with van der Waals surface area (Å²) >= 11 is 0. The lowest BCUT2D eigenvalue weighted by molar-refractivity contribution is 1.11. The quantitative estimate of drug-likeness (QED) is 0.712. The van der Waals surface area contributed by atoms with Gasteiger partial charge >= 0.3 is 0 Å². The number of aryl methyl sites for hydroxylation is 1. The molecule has 1 aromatic carbocycles. The van der Waals surface area contributed by atoms with Gasteiger partial charge in [0.2, 0.25) is 0 Å². The van der Waals surface area contributed by atoms with Crippen LogP contribution in [0.25, 0.3) is 10.9 Å². The standard InChI is InChI=1S/C10H9N3/c1-7-4-8(2-3-11)5-9-6-12-13-10(7)9/h4-6H,2H2,1H3,(H,12,13). The van der Waals surface area contributed by atoms with E-state index < -0.39 is 0 Å². The van der Waals surface area contributed by atoms with Crippen molar-refractivity contribution < 1.29 is 0 Å². The summed E-state index contributed by atoms with van der Waals surface area (Å²) in [6, 6.07) is 6.15. The molecule has 3 heteroatoms. The predicted molar refractivity (Wildman–Crippen MR) is 50.1 cm³/mol. The van der Waals surface area contributed by atoms with E-state index in [0.717, 1.165) is 22.0 Å². The Kier molecular flexibility index (Phi) is 1.75. The van der Waals surface area contributed by atoms with Crippen LogP contribution in [-0.2, 0) is 6.42 Å². The van der Waals surface area contributed by atoms with Gasteiger partial charge in [0.25, 0.3) is 0 Å². The van der Waals surface area contributed by atoms with Crippen molar-refractivity contribution in [3.63, 3.8) is 0 Å². The number of nitriles is 1. The molecule has 1 heterocycles. The molecule has 3 nitrogen and oxygen atoms in total. The highest BCUT2D eigenvalue weighted by Crippen LogP contribution is 2.17. The van der Waals surface area contributed by atoms with Crippen molar-refractivity contribution in [1.29, 1.82) is 5.26 Å². The third-order valence-electron chi connectivity index (χ3n) is 2.09. The molecule has 0 unspecified atom stereocenters. The Morgan fingerprint density at radius 2 is 2.38 bits per heavy atom. The molecule has 1 N–H and O–H groups in total. The maximum Gasteiger partial charge on any atom is 0.0679 e. The molecule has 64 valence electrons. The second kappa shape index (κ2) is 2.91. The third kappa shape index (κ3) is 1.27. The fraction of sp³-hybridized carbons (Fsp3) is 0.200. The topological polar surface area (TPSA) is 52.5 Å². The lowest BCUT2D eigenvalue weighted by atomic mass is 10.1. The maximum absolute atomic E-state index is 8.56. The highest BCUT2D eigenvalue weighted by molar-refractivity contribution is 5.81. The predicted octanol–water partition coefficient (Wildman–Crippen LogP) is 1.94. The van der Waals surface area contributed by atoms with Crippen molar-refractivity contribution in [3.05, 3.63) is 29.5 Å². The number of hydrogen-bond donors (Lipinski definition) is 1. The number of aromatic nitrogens is 2. The first-order chi connectivity index (χ1) is 6.31. The van der Waals surface area contributed by atoms with Gasteiger partial charge in [-0.2, -0.15) is 10.4 Å². The number of fused-ring (bicyclic) bond motifs is 1. The molecule has 0 aliphatic heterocycles. The van der Waals surface area contributed by atoms with Crippen molar-refractivity contribution in [2.75, 3.05) is 0 Å². The Bertz CT molecular complexity index is 476. The minimum Gasteiger partial charge on any atom is -0.278 e. The van der Waals surface area contributed by atoms with E-state index in [2.05, 4.69) is 16.3 Å². The lowest BCUT2D eigenvalue weighted by Gasteiger charge is -1.98. The van der Waals surface area contributed by atoms with E-state index in [0.29, 0.717) is 6.42 Å². The normalized spacial score (nSPS) is 10.2. The number of nitrogens with zero attached hydrogens (tertiary/aromatic N) is 2. The number of nitrogens with one attached hydrogen (secondary N) is 1. The van der Waals surface area contributed by atoms with E-state index in [1.165, 1.54) is 0 Å². The first-order valence-electron chi connectivity index (χ1n) is 4.11. The molecule has 1 aromatic heterocycles. The van der Waals surface area contributed by atoms with Gasteiger partial charge in [-0.25, -0.2) is 0 Å². The molecule has 0 radical (unpaired) electrons. The van der Waals surface area contributed by atoms with Gasteiger partial charge in [-0.3, -0.25) is 5.10 Å². The van der Waals surface area contributed by atoms with Crippen LogP contribution in [0.5, 0.6) is 0 Å². The average Bonchev–Trinajstić information content (AvgIpc) is 2.53. The van der Waals surface area contributed by atoms with Crippen LogP contribution in [0.15, 0.2) is 18.3 Å². The van der Waals surface area contributed by atoms with Crippen LogP contribution in [-0.4, -0.2) is 10.2 Å². The van der Waals surface area contributed by atoms with Gasteiger partial charge < -0.3 is 0 Å². The molecule has 0 aliphatic carbocycles. The summed E-state index contributed by atoms with van der Waals surface area (Å²) in [6.07, 6.45) is 2.24. The second-order valence-electron chi connectivity index (χ2n) is 3.08. The molecule has 0 amide bonds. The number of hydrogen-bond acceptors (Lipinski definition) is 2. The van der Waals surface area contributed by atoms with Gasteiger partial charge in [-0.15, -0.1) is 0 Å². The first-order valence-corrected chi connectivity index (χ1v) is 4.11. The van der Waals surface area contributed by atoms with E-state index in [1.807, 2.05) is 19.1 Å². The molecular weight excluding hydrogens is 162 g/mol. The van der Waals surface area contributed by atoms with E-state index >= 15 is 0 Å². The molecular formula is C10H9N3. The van der Waals surface area contributed by atoms with Crippen LogP contribution in [0.2, 0.25) is 0 Å². The Hall–Kier alpha value is -1.82. The summed E-state index contributed by atoms with van der Waals surface area (Å²) in [5.41, 5.74) is 3.25. The monoisotopic (exact) mass is 171 g/mol. The molecule has 2 aromatic rings. The van der Waals surface area contributed by atoms with Crippen molar-refractivity contribution >= 4 is 10.9 Å².